The van der Waals surface area contributed by atoms with E-state index in [4.69, 9.17) is 5.11 Å². The molecule has 2 aromatic rings. The Morgan fingerprint density at radius 2 is 1.62 bits per heavy atom. The largest absolute Gasteiger partial charge is 0.478 e. The number of hydrogen-bond donors (Lipinski definition) is 1. The fourth-order valence-electron chi connectivity index (χ4n) is 1.35. The number of carboxylic acids is 1. The fourth-order valence-corrected chi connectivity index (χ4v) is 1.73. The summed E-state index contributed by atoms with van der Waals surface area (Å²) in [5, 5.41) is 10.8. The topological polar surface area (TPSA) is 37.3 Å². The lowest BCUT2D eigenvalue weighted by molar-refractivity contribution is 0.0697. The van der Waals surface area contributed by atoms with Crippen LogP contribution in [0.5, 0.6) is 0 Å². The van der Waals surface area contributed by atoms with E-state index in [2.05, 4.69) is 15.9 Å². The number of carboxylic acid groups (broad SMARTS) is 1. The summed E-state index contributed by atoms with van der Waals surface area (Å²) in [5.74, 6) is -0.894. The Labute approximate surface area is 103 Å². The second kappa shape index (κ2) is 5.66. The van der Waals surface area contributed by atoms with Crippen molar-refractivity contribution in [3.05, 3.63) is 46.4 Å². The second-order valence-corrected chi connectivity index (χ2v) is 3.93. The third-order valence-corrected chi connectivity index (χ3v) is 2.54. The van der Waals surface area contributed by atoms with Crippen LogP contribution < -0.4 is 0 Å². The van der Waals surface area contributed by atoms with Gasteiger partial charge in [-0.05, 0) is 35.0 Å². The van der Waals surface area contributed by atoms with Crippen LogP contribution in [0.4, 0.5) is 0 Å². The van der Waals surface area contributed by atoms with Gasteiger partial charge in [0, 0.05) is 4.47 Å². The summed E-state index contributed by atoms with van der Waals surface area (Å²) < 4.78 is 0.994. The van der Waals surface area contributed by atoms with E-state index in [1.54, 1.807) is 12.1 Å². The van der Waals surface area contributed by atoms with E-state index in [-0.39, 0.29) is 0 Å². The van der Waals surface area contributed by atoms with Crippen LogP contribution in [0.15, 0.2) is 40.9 Å². The lowest BCUT2D eigenvalue weighted by Gasteiger charge is -2.00. The van der Waals surface area contributed by atoms with Crippen LogP contribution in [-0.4, -0.2) is 11.1 Å². The Hall–Kier alpha value is -1.35. The molecule has 0 radical (unpaired) electrons. The number of aromatic carboxylic acids is 1. The summed E-state index contributed by atoms with van der Waals surface area (Å²) in [6, 6.07) is 10.8. The lowest BCUT2D eigenvalue weighted by atomic mass is 10.1. The van der Waals surface area contributed by atoms with Gasteiger partial charge in [0.2, 0.25) is 0 Å². The summed E-state index contributed by atoms with van der Waals surface area (Å²) in [7, 11) is 0. The third kappa shape index (κ3) is 2.83. The molecule has 0 saturated carbocycles. The molecule has 0 saturated heterocycles. The minimum Gasteiger partial charge on any atom is -0.478 e. The molecule has 0 aliphatic carbocycles. The average Bonchev–Trinajstić information content (AvgIpc) is 2.30. The van der Waals surface area contributed by atoms with Gasteiger partial charge < -0.3 is 5.11 Å². The number of halogens is 1. The van der Waals surface area contributed by atoms with E-state index in [1.807, 2.05) is 38.1 Å². The molecule has 0 aliphatic rings. The van der Waals surface area contributed by atoms with Gasteiger partial charge >= 0.3 is 5.97 Å². The first-order valence-electron chi connectivity index (χ1n) is 5.09. The van der Waals surface area contributed by atoms with Crippen molar-refractivity contribution >= 4 is 32.7 Å². The molecule has 0 bridgehead atoms. The van der Waals surface area contributed by atoms with Crippen LogP contribution in [0.3, 0.4) is 0 Å². The second-order valence-electron chi connectivity index (χ2n) is 3.01. The van der Waals surface area contributed by atoms with Crippen molar-refractivity contribution < 1.29 is 9.90 Å². The molecule has 0 aromatic heterocycles. The normalized spacial score (nSPS) is 9.44. The summed E-state index contributed by atoms with van der Waals surface area (Å²) in [4.78, 5) is 10.7. The Bertz CT molecular complexity index is 506. The molecule has 0 aliphatic heterocycles. The van der Waals surface area contributed by atoms with Crippen molar-refractivity contribution in [1.82, 2.24) is 0 Å². The van der Waals surface area contributed by atoms with Crippen LogP contribution in [0.25, 0.3) is 10.8 Å². The first-order chi connectivity index (χ1) is 7.66. The molecular weight excluding hydrogens is 268 g/mol. The fraction of sp³-hybridized carbons (Fsp3) is 0.154. The minimum atomic E-state index is -0.894. The van der Waals surface area contributed by atoms with Gasteiger partial charge in [-0.2, -0.15) is 0 Å². The van der Waals surface area contributed by atoms with Gasteiger partial charge in [-0.25, -0.2) is 4.79 Å². The molecule has 0 fully saturated rings. The maximum Gasteiger partial charge on any atom is 0.335 e. The van der Waals surface area contributed by atoms with Gasteiger partial charge in [0.15, 0.2) is 0 Å². The van der Waals surface area contributed by atoms with Crippen molar-refractivity contribution in [1.29, 1.82) is 0 Å². The minimum absolute atomic E-state index is 0.319. The van der Waals surface area contributed by atoms with Crippen molar-refractivity contribution in [2.45, 2.75) is 13.8 Å². The quantitative estimate of drug-likeness (QED) is 0.844. The molecule has 3 heteroatoms. The van der Waals surface area contributed by atoms with E-state index in [0.29, 0.717) is 5.56 Å². The Morgan fingerprint density at radius 3 is 2.25 bits per heavy atom. The van der Waals surface area contributed by atoms with Gasteiger partial charge in [-0.15, -0.1) is 0 Å². The van der Waals surface area contributed by atoms with Crippen molar-refractivity contribution in [2.75, 3.05) is 0 Å². The maximum absolute atomic E-state index is 10.7. The maximum atomic E-state index is 10.7. The highest BCUT2D eigenvalue weighted by molar-refractivity contribution is 9.10. The number of hydrogen-bond acceptors (Lipinski definition) is 1. The van der Waals surface area contributed by atoms with Crippen LogP contribution in [0.2, 0.25) is 0 Å². The molecule has 0 amide bonds. The monoisotopic (exact) mass is 280 g/mol. The predicted molar refractivity (Wildman–Crippen MR) is 70.0 cm³/mol. The van der Waals surface area contributed by atoms with Gasteiger partial charge in [-0.1, -0.05) is 41.9 Å². The van der Waals surface area contributed by atoms with Gasteiger partial charge in [-0.3, -0.25) is 0 Å². The van der Waals surface area contributed by atoms with Crippen molar-refractivity contribution in [3.63, 3.8) is 0 Å². The first kappa shape index (κ1) is 12.7. The molecule has 0 atom stereocenters. The Morgan fingerprint density at radius 1 is 1.06 bits per heavy atom. The molecule has 2 aromatic carbocycles. The zero-order chi connectivity index (χ0) is 12.1. The van der Waals surface area contributed by atoms with Crippen LogP contribution in [0.1, 0.15) is 24.2 Å². The Kier molecular flexibility index (Phi) is 4.50. The highest BCUT2D eigenvalue weighted by Crippen LogP contribution is 2.20. The highest BCUT2D eigenvalue weighted by atomic mass is 79.9. The van der Waals surface area contributed by atoms with E-state index in [0.717, 1.165) is 15.2 Å². The molecule has 0 spiro atoms. The summed E-state index contributed by atoms with van der Waals surface area (Å²) >= 11 is 3.36. The molecular formula is C13H13BrO2. The van der Waals surface area contributed by atoms with E-state index in [9.17, 15) is 4.79 Å². The lowest BCUT2D eigenvalue weighted by Crippen LogP contribution is -1.94. The molecule has 1 N–H and O–H groups in total. The van der Waals surface area contributed by atoms with Gasteiger partial charge in [0.1, 0.15) is 0 Å². The molecule has 0 heterocycles. The average molecular weight is 281 g/mol. The smallest absolute Gasteiger partial charge is 0.335 e. The van der Waals surface area contributed by atoms with Crippen LogP contribution in [-0.2, 0) is 0 Å². The molecule has 16 heavy (non-hydrogen) atoms. The summed E-state index contributed by atoms with van der Waals surface area (Å²) in [5.41, 5.74) is 0.319. The zero-order valence-corrected chi connectivity index (χ0v) is 10.8. The predicted octanol–water partition coefficient (Wildman–Crippen LogP) is 4.33. The molecule has 0 unspecified atom stereocenters. The molecule has 2 nitrogen and oxygen atoms in total. The number of fused-ring (bicyclic) bond motifs is 1. The Balaban J connectivity index is 0.000000606. The number of carbonyl (C=O) groups is 1. The van der Waals surface area contributed by atoms with Crippen LogP contribution in [0, 0.1) is 0 Å². The van der Waals surface area contributed by atoms with Crippen molar-refractivity contribution in [3.8, 4) is 0 Å². The molecule has 84 valence electrons. The zero-order valence-electron chi connectivity index (χ0n) is 9.20. The third-order valence-electron chi connectivity index (χ3n) is 2.05. The first-order valence-corrected chi connectivity index (χ1v) is 5.89. The number of benzene rings is 2. The highest BCUT2D eigenvalue weighted by Gasteiger charge is 2.03. The molecule has 2 rings (SSSR count). The number of rotatable bonds is 1. The standard InChI is InChI=1S/C11H7BrO2.C2H6/c12-10-4-3-7-5-9(11(13)14)2-1-8(7)6-10;1-2/h1-6H,(H,13,14);1-2H3. The van der Waals surface area contributed by atoms with E-state index in [1.165, 1.54) is 0 Å². The van der Waals surface area contributed by atoms with E-state index >= 15 is 0 Å². The van der Waals surface area contributed by atoms with Crippen LogP contribution >= 0.6 is 15.9 Å². The van der Waals surface area contributed by atoms with Gasteiger partial charge in [0.25, 0.3) is 0 Å². The summed E-state index contributed by atoms with van der Waals surface area (Å²) in [6.45, 7) is 4.00. The van der Waals surface area contributed by atoms with E-state index < -0.39 is 5.97 Å². The van der Waals surface area contributed by atoms with Gasteiger partial charge in [0.05, 0.1) is 5.56 Å². The SMILES string of the molecule is CC.O=C(O)c1ccc2cc(Br)ccc2c1. The van der Waals surface area contributed by atoms with Crippen molar-refractivity contribution in [2.24, 2.45) is 0 Å². The summed E-state index contributed by atoms with van der Waals surface area (Å²) in [6.07, 6.45) is 0.